The quantitative estimate of drug-likeness (QED) is 0.690. The average Bonchev–Trinajstić information content (AvgIpc) is 2.93. The van der Waals surface area contributed by atoms with E-state index in [1.807, 2.05) is 48.5 Å². The zero-order valence-electron chi connectivity index (χ0n) is 12.0. The van der Waals surface area contributed by atoms with Crippen LogP contribution in [0.15, 0.2) is 58.6 Å². The molecule has 0 spiro atoms. The molecule has 0 saturated carbocycles. The molecule has 0 saturated heterocycles. The fourth-order valence-corrected chi connectivity index (χ4v) is 3.31. The van der Waals surface area contributed by atoms with Crippen LogP contribution in [0.4, 0.5) is 5.95 Å². The normalized spacial score (nSPS) is 16.8. The number of aromatic nitrogens is 2. The third kappa shape index (κ3) is 2.09. The van der Waals surface area contributed by atoms with Gasteiger partial charge in [-0.3, -0.25) is 4.57 Å². The van der Waals surface area contributed by atoms with E-state index in [1.54, 1.807) is 4.57 Å². The number of nitrogens with one attached hydrogen (secondary N) is 1. The van der Waals surface area contributed by atoms with E-state index in [4.69, 9.17) is 5.73 Å². The molecule has 4 rings (SSSR count). The molecule has 0 aliphatic carbocycles. The van der Waals surface area contributed by atoms with Crippen LogP contribution in [0.25, 0.3) is 16.9 Å². The number of para-hydroxylation sites is 2. The summed E-state index contributed by atoms with van der Waals surface area (Å²) in [7, 11) is 0. The van der Waals surface area contributed by atoms with Gasteiger partial charge in [-0.1, -0.05) is 40.2 Å². The van der Waals surface area contributed by atoms with Crippen molar-refractivity contribution in [2.45, 2.75) is 6.04 Å². The van der Waals surface area contributed by atoms with Crippen molar-refractivity contribution in [1.82, 2.24) is 9.55 Å². The predicted octanol–water partition coefficient (Wildman–Crippen LogP) is 3.62. The van der Waals surface area contributed by atoms with Gasteiger partial charge in [0, 0.05) is 4.47 Å². The third-order valence-electron chi connectivity index (χ3n) is 3.94. The minimum Gasteiger partial charge on any atom is -0.384 e. The van der Waals surface area contributed by atoms with Gasteiger partial charge in [0.1, 0.15) is 11.9 Å². The number of hydrogen-bond donors (Lipinski definition) is 2. The van der Waals surface area contributed by atoms with Crippen LogP contribution in [0.3, 0.4) is 0 Å². The molecule has 1 aromatic heterocycles. The first kappa shape index (κ1) is 13.9. The molecule has 3 aromatic rings. The zero-order valence-corrected chi connectivity index (χ0v) is 13.6. The molecule has 0 amide bonds. The Bertz CT molecular complexity index is 996. The van der Waals surface area contributed by atoms with Crippen molar-refractivity contribution in [3.05, 3.63) is 64.1 Å². The Morgan fingerprint density at radius 2 is 2.04 bits per heavy atom. The molecule has 1 aliphatic rings. The van der Waals surface area contributed by atoms with Crippen LogP contribution >= 0.6 is 15.9 Å². The standard InChI is InChI=1S/C17H12BrN5/c18-11-5-3-4-10(8-11)15-12(9-19)16(20)23-14-7-2-1-6-13(14)21-17(23)22-15/h1-8,15H,20H2,(H,21,22)/t15-/m0/s1. The number of nitrogens with zero attached hydrogens (tertiary/aromatic N) is 3. The number of imidazole rings is 1. The van der Waals surface area contributed by atoms with Gasteiger partial charge < -0.3 is 11.1 Å². The summed E-state index contributed by atoms with van der Waals surface area (Å²) in [5.74, 6) is 1.06. The maximum absolute atomic E-state index is 9.62. The van der Waals surface area contributed by atoms with E-state index >= 15 is 0 Å². The van der Waals surface area contributed by atoms with Crippen LogP contribution in [0.5, 0.6) is 0 Å². The second-order valence-corrected chi connectivity index (χ2v) is 6.22. The first-order valence-corrected chi connectivity index (χ1v) is 7.88. The molecule has 1 aliphatic heterocycles. The molecule has 3 N–H and O–H groups in total. The van der Waals surface area contributed by atoms with Crippen molar-refractivity contribution in [3.8, 4) is 6.07 Å². The van der Waals surface area contributed by atoms with E-state index in [0.29, 0.717) is 17.3 Å². The highest BCUT2D eigenvalue weighted by Crippen LogP contribution is 2.36. The molecule has 112 valence electrons. The lowest BCUT2D eigenvalue weighted by molar-refractivity contribution is 0.856. The second kappa shape index (κ2) is 5.14. The monoisotopic (exact) mass is 365 g/mol. The van der Waals surface area contributed by atoms with Crippen LogP contribution in [0.2, 0.25) is 0 Å². The van der Waals surface area contributed by atoms with Gasteiger partial charge >= 0.3 is 0 Å². The molecule has 2 aromatic carbocycles. The smallest absolute Gasteiger partial charge is 0.210 e. The molecule has 0 unspecified atom stereocenters. The highest BCUT2D eigenvalue weighted by Gasteiger charge is 2.29. The lowest BCUT2D eigenvalue weighted by Gasteiger charge is -2.26. The van der Waals surface area contributed by atoms with Crippen LogP contribution in [-0.2, 0) is 0 Å². The molecule has 2 heterocycles. The summed E-state index contributed by atoms with van der Waals surface area (Å²) in [6.45, 7) is 0. The fraction of sp³-hybridized carbons (Fsp3) is 0.0588. The van der Waals surface area contributed by atoms with E-state index < -0.39 is 0 Å². The molecule has 5 nitrogen and oxygen atoms in total. The molecule has 23 heavy (non-hydrogen) atoms. The molecule has 0 fully saturated rings. The average molecular weight is 366 g/mol. The Labute approximate surface area is 141 Å². The Hall–Kier alpha value is -2.78. The van der Waals surface area contributed by atoms with E-state index in [9.17, 15) is 5.26 Å². The van der Waals surface area contributed by atoms with Crippen LogP contribution < -0.4 is 11.1 Å². The lowest BCUT2D eigenvalue weighted by atomic mass is 9.98. The Morgan fingerprint density at radius 3 is 2.83 bits per heavy atom. The van der Waals surface area contributed by atoms with Crippen LogP contribution in [-0.4, -0.2) is 9.55 Å². The van der Waals surface area contributed by atoms with Crippen molar-refractivity contribution < 1.29 is 0 Å². The molecule has 6 heteroatoms. The maximum atomic E-state index is 9.62. The highest BCUT2D eigenvalue weighted by atomic mass is 79.9. The number of fused-ring (bicyclic) bond motifs is 3. The Kier molecular flexibility index (Phi) is 3.10. The van der Waals surface area contributed by atoms with Gasteiger partial charge in [-0.05, 0) is 29.8 Å². The van der Waals surface area contributed by atoms with Crippen LogP contribution in [0.1, 0.15) is 11.6 Å². The first-order valence-electron chi connectivity index (χ1n) is 7.08. The molecule has 0 radical (unpaired) electrons. The summed E-state index contributed by atoms with van der Waals surface area (Å²) in [5, 5.41) is 13.0. The minimum atomic E-state index is -0.318. The topological polar surface area (TPSA) is 79.7 Å². The number of nitriles is 1. The van der Waals surface area contributed by atoms with Crippen molar-refractivity contribution in [3.63, 3.8) is 0 Å². The zero-order chi connectivity index (χ0) is 16.0. The molecular formula is C17H12BrN5. The highest BCUT2D eigenvalue weighted by molar-refractivity contribution is 9.10. The van der Waals surface area contributed by atoms with E-state index in [1.165, 1.54) is 0 Å². The van der Waals surface area contributed by atoms with E-state index in [0.717, 1.165) is 21.1 Å². The maximum Gasteiger partial charge on any atom is 0.210 e. The van der Waals surface area contributed by atoms with Gasteiger partial charge in [-0.2, -0.15) is 5.26 Å². The van der Waals surface area contributed by atoms with Crippen molar-refractivity contribution in [1.29, 1.82) is 5.26 Å². The molecular weight excluding hydrogens is 354 g/mol. The number of halogens is 1. The number of anilines is 1. The molecule has 1 atom stereocenters. The fourth-order valence-electron chi connectivity index (χ4n) is 2.89. The van der Waals surface area contributed by atoms with E-state index in [2.05, 4.69) is 32.3 Å². The summed E-state index contributed by atoms with van der Waals surface area (Å²) in [6, 6.07) is 17.5. The number of rotatable bonds is 1. The summed E-state index contributed by atoms with van der Waals surface area (Å²) in [6.07, 6.45) is 0. The first-order chi connectivity index (χ1) is 11.2. The number of nitrogens with two attached hydrogens (primary N) is 1. The lowest BCUT2D eigenvalue weighted by Crippen LogP contribution is -2.26. The van der Waals surface area contributed by atoms with Crippen LogP contribution in [0, 0.1) is 11.3 Å². The second-order valence-electron chi connectivity index (χ2n) is 5.30. The van der Waals surface area contributed by atoms with Gasteiger partial charge in [0.05, 0.1) is 22.6 Å². The number of hydrogen-bond acceptors (Lipinski definition) is 4. The SMILES string of the molecule is N#CC1=C(N)n2c(nc3ccccc32)N[C@H]1c1cccc(Br)c1. The van der Waals surface area contributed by atoms with Gasteiger partial charge in [-0.15, -0.1) is 0 Å². The van der Waals surface area contributed by atoms with Gasteiger partial charge in [0.2, 0.25) is 5.95 Å². The summed E-state index contributed by atoms with van der Waals surface area (Å²) in [5.41, 5.74) is 9.47. The largest absolute Gasteiger partial charge is 0.384 e. The van der Waals surface area contributed by atoms with Crippen molar-refractivity contribution in [2.75, 3.05) is 5.32 Å². The van der Waals surface area contributed by atoms with Gasteiger partial charge in [0.15, 0.2) is 0 Å². The summed E-state index contributed by atoms with van der Waals surface area (Å²) < 4.78 is 2.74. The Morgan fingerprint density at radius 1 is 1.22 bits per heavy atom. The molecule has 0 bridgehead atoms. The number of benzene rings is 2. The summed E-state index contributed by atoms with van der Waals surface area (Å²) >= 11 is 3.47. The Balaban J connectivity index is 1.94. The van der Waals surface area contributed by atoms with Crippen molar-refractivity contribution in [2.24, 2.45) is 5.73 Å². The predicted molar refractivity (Wildman–Crippen MR) is 93.3 cm³/mol. The van der Waals surface area contributed by atoms with E-state index in [-0.39, 0.29) is 6.04 Å². The third-order valence-corrected chi connectivity index (χ3v) is 4.44. The van der Waals surface area contributed by atoms with Crippen molar-refractivity contribution >= 4 is 38.7 Å². The summed E-state index contributed by atoms with van der Waals surface area (Å²) in [4.78, 5) is 4.59. The van der Waals surface area contributed by atoms with Gasteiger partial charge in [-0.25, -0.2) is 4.98 Å². The van der Waals surface area contributed by atoms with Gasteiger partial charge in [0.25, 0.3) is 0 Å². The minimum absolute atomic E-state index is 0.318.